The van der Waals surface area contributed by atoms with Gasteiger partial charge in [-0.1, -0.05) is 31.0 Å². The van der Waals surface area contributed by atoms with Gasteiger partial charge in [0.05, 0.1) is 5.92 Å². The number of aromatic nitrogens is 2. The van der Waals surface area contributed by atoms with E-state index in [0.29, 0.717) is 38.3 Å². The molecular formula is C26H33N5O3. The molecule has 3 heterocycles. The number of fused-ring (bicyclic) bond motifs is 1. The molecule has 5 rings (SSSR count). The molecule has 3 amide bonds. The van der Waals surface area contributed by atoms with Crippen LogP contribution in [0.2, 0.25) is 0 Å². The van der Waals surface area contributed by atoms with E-state index in [1.807, 2.05) is 42.3 Å². The van der Waals surface area contributed by atoms with Crippen molar-refractivity contribution in [1.82, 2.24) is 19.6 Å². The molecule has 1 atom stereocenters. The summed E-state index contributed by atoms with van der Waals surface area (Å²) < 4.78 is 1.80. The number of carbonyl (C=O) groups is 3. The molecule has 0 bridgehead atoms. The Labute approximate surface area is 200 Å². The lowest BCUT2D eigenvalue weighted by Gasteiger charge is -2.33. The molecule has 1 saturated heterocycles. The fourth-order valence-corrected chi connectivity index (χ4v) is 5.67. The second kappa shape index (κ2) is 9.60. The first-order chi connectivity index (χ1) is 16.5. The minimum atomic E-state index is -0.252. The largest absolute Gasteiger partial charge is 0.338 e. The molecule has 1 aromatic carbocycles. The number of hydrogen-bond donors (Lipinski definition) is 1. The quantitative estimate of drug-likeness (QED) is 0.755. The van der Waals surface area contributed by atoms with Gasteiger partial charge in [-0.3, -0.25) is 19.1 Å². The number of piperidine rings is 1. The van der Waals surface area contributed by atoms with Crippen LogP contribution in [0.1, 0.15) is 60.3 Å². The van der Waals surface area contributed by atoms with Crippen LogP contribution in [-0.4, -0.2) is 56.9 Å². The molecule has 1 aliphatic carbocycles. The van der Waals surface area contributed by atoms with E-state index < -0.39 is 0 Å². The smallest absolute Gasteiger partial charge is 0.274 e. The molecule has 0 radical (unpaired) electrons. The van der Waals surface area contributed by atoms with Crippen molar-refractivity contribution in [3.05, 3.63) is 47.3 Å². The van der Waals surface area contributed by atoms with Crippen molar-refractivity contribution in [2.45, 2.75) is 51.5 Å². The highest BCUT2D eigenvalue weighted by Gasteiger charge is 2.36. The number of hydrogen-bond acceptors (Lipinski definition) is 4. The summed E-state index contributed by atoms with van der Waals surface area (Å²) in [7, 11) is 1.87. The van der Waals surface area contributed by atoms with Gasteiger partial charge in [-0.15, -0.1) is 0 Å². The predicted molar refractivity (Wildman–Crippen MR) is 128 cm³/mol. The van der Waals surface area contributed by atoms with Crippen LogP contribution in [0.3, 0.4) is 0 Å². The van der Waals surface area contributed by atoms with Gasteiger partial charge in [-0.2, -0.15) is 5.10 Å². The van der Waals surface area contributed by atoms with Crippen LogP contribution in [0.25, 0.3) is 0 Å². The Hall–Kier alpha value is -3.16. The molecule has 3 aliphatic rings. The zero-order valence-electron chi connectivity index (χ0n) is 19.8. The van der Waals surface area contributed by atoms with Crippen molar-refractivity contribution in [3.8, 4) is 0 Å². The van der Waals surface area contributed by atoms with E-state index in [-0.39, 0.29) is 29.6 Å². The van der Waals surface area contributed by atoms with E-state index in [1.165, 1.54) is 0 Å². The molecule has 8 heteroatoms. The second-order valence-electron chi connectivity index (χ2n) is 9.83. The molecule has 2 fully saturated rings. The minimum absolute atomic E-state index is 0.0555. The molecule has 1 N–H and O–H groups in total. The third-order valence-corrected chi connectivity index (χ3v) is 7.58. The zero-order chi connectivity index (χ0) is 23.7. The molecule has 0 spiro atoms. The van der Waals surface area contributed by atoms with Crippen LogP contribution in [0.4, 0.5) is 5.69 Å². The summed E-state index contributed by atoms with van der Waals surface area (Å²) >= 11 is 0. The zero-order valence-corrected chi connectivity index (χ0v) is 19.8. The normalized spacial score (nSPS) is 20.8. The molecule has 0 unspecified atom stereocenters. The van der Waals surface area contributed by atoms with Gasteiger partial charge in [0.2, 0.25) is 11.8 Å². The van der Waals surface area contributed by atoms with Crippen molar-refractivity contribution in [2.24, 2.45) is 18.9 Å². The number of nitrogens with one attached hydrogen (secondary N) is 1. The van der Waals surface area contributed by atoms with E-state index in [4.69, 9.17) is 0 Å². The fraction of sp³-hybridized carbons (Fsp3) is 0.538. The first-order valence-corrected chi connectivity index (χ1v) is 12.5. The maximum atomic E-state index is 13.6. The third-order valence-electron chi connectivity index (χ3n) is 7.58. The molecule has 2 aliphatic heterocycles. The SMILES string of the molecule is Cn1nc(C(=O)N2CCC[C@@H](C(=O)Nc3ccccc3)C2)c2c1CCN(C(=O)C1CCCC1)C2. The van der Waals surface area contributed by atoms with Crippen LogP contribution in [-0.2, 0) is 29.6 Å². The van der Waals surface area contributed by atoms with Gasteiger partial charge in [-0.05, 0) is 37.8 Å². The van der Waals surface area contributed by atoms with Gasteiger partial charge in [0, 0.05) is 62.5 Å². The Morgan fingerprint density at radius 1 is 0.941 bits per heavy atom. The van der Waals surface area contributed by atoms with E-state index in [0.717, 1.165) is 55.5 Å². The lowest BCUT2D eigenvalue weighted by atomic mass is 9.96. The molecular weight excluding hydrogens is 430 g/mol. The maximum absolute atomic E-state index is 13.6. The summed E-state index contributed by atoms with van der Waals surface area (Å²) in [6.07, 6.45) is 6.45. The highest BCUT2D eigenvalue weighted by atomic mass is 16.2. The highest BCUT2D eigenvalue weighted by molar-refractivity contribution is 5.96. The summed E-state index contributed by atoms with van der Waals surface area (Å²) in [5.41, 5.74) is 3.11. The molecule has 1 saturated carbocycles. The van der Waals surface area contributed by atoms with E-state index in [2.05, 4.69) is 10.4 Å². The second-order valence-corrected chi connectivity index (χ2v) is 9.83. The molecule has 1 aromatic heterocycles. The standard InChI is InChI=1S/C26H33N5O3/c1-29-22-13-15-31(25(33)18-8-5-6-9-18)17-21(22)23(28-29)26(34)30-14-7-10-19(16-30)24(32)27-20-11-3-2-4-12-20/h2-4,11-12,18-19H,5-10,13-17H2,1H3,(H,27,32)/t19-/m1/s1. The van der Waals surface area contributed by atoms with Gasteiger partial charge in [-0.25, -0.2) is 0 Å². The van der Waals surface area contributed by atoms with Gasteiger partial charge >= 0.3 is 0 Å². The van der Waals surface area contributed by atoms with Crippen molar-refractivity contribution < 1.29 is 14.4 Å². The average Bonchev–Trinajstić information content (AvgIpc) is 3.52. The lowest BCUT2D eigenvalue weighted by molar-refractivity contribution is -0.136. The topological polar surface area (TPSA) is 87.5 Å². The lowest BCUT2D eigenvalue weighted by Crippen LogP contribution is -2.44. The van der Waals surface area contributed by atoms with E-state index in [1.54, 1.807) is 9.58 Å². The average molecular weight is 464 g/mol. The molecule has 34 heavy (non-hydrogen) atoms. The number of amides is 3. The Bertz CT molecular complexity index is 1070. The van der Waals surface area contributed by atoms with Crippen molar-refractivity contribution in [1.29, 1.82) is 0 Å². The molecule has 2 aromatic rings. The summed E-state index contributed by atoms with van der Waals surface area (Å²) in [6, 6.07) is 9.41. The first-order valence-electron chi connectivity index (χ1n) is 12.5. The number of nitrogens with zero attached hydrogens (tertiary/aromatic N) is 4. The van der Waals surface area contributed by atoms with Crippen molar-refractivity contribution >= 4 is 23.4 Å². The summed E-state index contributed by atoms with van der Waals surface area (Å²) in [4.78, 5) is 43.1. The maximum Gasteiger partial charge on any atom is 0.274 e. The third kappa shape index (κ3) is 4.45. The van der Waals surface area contributed by atoms with Crippen LogP contribution in [0.15, 0.2) is 30.3 Å². The minimum Gasteiger partial charge on any atom is -0.338 e. The number of likely N-dealkylation sites (tertiary alicyclic amines) is 1. The Kier molecular flexibility index (Phi) is 6.39. The Morgan fingerprint density at radius 3 is 2.44 bits per heavy atom. The van der Waals surface area contributed by atoms with E-state index >= 15 is 0 Å². The van der Waals surface area contributed by atoms with Gasteiger partial charge in [0.15, 0.2) is 5.69 Å². The van der Waals surface area contributed by atoms with Gasteiger partial charge < -0.3 is 15.1 Å². The summed E-state index contributed by atoms with van der Waals surface area (Å²) in [5.74, 6) is -0.0911. The predicted octanol–water partition coefficient (Wildman–Crippen LogP) is 2.99. The fourth-order valence-electron chi connectivity index (χ4n) is 5.67. The van der Waals surface area contributed by atoms with Crippen LogP contribution >= 0.6 is 0 Å². The highest BCUT2D eigenvalue weighted by Crippen LogP contribution is 2.30. The first kappa shape index (κ1) is 22.6. The van der Waals surface area contributed by atoms with Gasteiger partial charge in [0.25, 0.3) is 5.91 Å². The molecule has 8 nitrogen and oxygen atoms in total. The summed E-state index contributed by atoms with van der Waals surface area (Å²) in [6.45, 7) is 2.13. The van der Waals surface area contributed by atoms with Crippen molar-refractivity contribution in [3.63, 3.8) is 0 Å². The number of para-hydroxylation sites is 1. The Balaban J connectivity index is 1.29. The van der Waals surface area contributed by atoms with Crippen LogP contribution < -0.4 is 5.32 Å². The van der Waals surface area contributed by atoms with E-state index in [9.17, 15) is 14.4 Å². The van der Waals surface area contributed by atoms with Gasteiger partial charge in [0.1, 0.15) is 0 Å². The van der Waals surface area contributed by atoms with Crippen molar-refractivity contribution in [2.75, 3.05) is 25.0 Å². The number of carbonyl (C=O) groups excluding carboxylic acids is 3. The summed E-state index contributed by atoms with van der Waals surface area (Å²) in [5, 5.41) is 7.55. The number of anilines is 1. The van der Waals surface area contributed by atoms with Crippen LogP contribution in [0, 0.1) is 11.8 Å². The monoisotopic (exact) mass is 463 g/mol. The number of aryl methyl sites for hydroxylation is 1. The number of rotatable bonds is 4. The Morgan fingerprint density at radius 2 is 1.68 bits per heavy atom. The van der Waals surface area contributed by atoms with Crippen LogP contribution in [0.5, 0.6) is 0 Å². The molecule has 180 valence electrons. The number of benzene rings is 1.